The maximum Gasteiger partial charge on any atom is 0.168 e. The zero-order valence-electron chi connectivity index (χ0n) is 12.0. The first kappa shape index (κ1) is 13.8. The van der Waals surface area contributed by atoms with Gasteiger partial charge in [0.2, 0.25) is 0 Å². The van der Waals surface area contributed by atoms with Crippen LogP contribution in [0.2, 0.25) is 0 Å². The minimum atomic E-state index is -0.204. The highest BCUT2D eigenvalue weighted by Gasteiger charge is 2.45. The average Bonchev–Trinajstić information content (AvgIpc) is 2.85. The van der Waals surface area contributed by atoms with Crippen LogP contribution in [0.25, 0.3) is 0 Å². The van der Waals surface area contributed by atoms with Crippen LogP contribution in [0.1, 0.15) is 64.2 Å². The summed E-state index contributed by atoms with van der Waals surface area (Å²) in [7, 11) is 0. The Hall–Kier alpha value is -0.120. The zero-order chi connectivity index (χ0) is 13.1. The second-order valence-electron chi connectivity index (χ2n) is 6.73. The number of aliphatic hydroxyl groups excluding tert-OH is 1. The van der Waals surface area contributed by atoms with Crippen molar-refractivity contribution >= 4 is 0 Å². The molecule has 0 aromatic carbocycles. The van der Waals surface area contributed by atoms with E-state index in [9.17, 15) is 0 Å². The minimum absolute atomic E-state index is 0.204. The van der Waals surface area contributed by atoms with E-state index in [0.29, 0.717) is 18.6 Å². The first-order valence-electron chi connectivity index (χ1n) is 8.24. The summed E-state index contributed by atoms with van der Waals surface area (Å²) in [6.45, 7) is 1.16. The molecule has 2 saturated carbocycles. The molecule has 3 aliphatic rings. The van der Waals surface area contributed by atoms with Crippen molar-refractivity contribution in [1.82, 2.24) is 0 Å². The Morgan fingerprint density at radius 3 is 2.42 bits per heavy atom. The summed E-state index contributed by atoms with van der Waals surface area (Å²) in [4.78, 5) is 0. The van der Waals surface area contributed by atoms with Gasteiger partial charge in [-0.15, -0.1) is 0 Å². The van der Waals surface area contributed by atoms with Gasteiger partial charge in [0.1, 0.15) is 0 Å². The molecule has 1 spiro atoms. The molecule has 110 valence electrons. The van der Waals surface area contributed by atoms with E-state index in [4.69, 9.17) is 14.6 Å². The molecular weight excluding hydrogens is 240 g/mol. The Kier molecular flexibility index (Phi) is 4.45. The average molecular weight is 268 g/mol. The van der Waals surface area contributed by atoms with E-state index in [1.165, 1.54) is 44.9 Å². The Morgan fingerprint density at radius 1 is 1.00 bits per heavy atom. The smallest absolute Gasteiger partial charge is 0.168 e. The van der Waals surface area contributed by atoms with Crippen molar-refractivity contribution in [1.29, 1.82) is 0 Å². The van der Waals surface area contributed by atoms with Crippen LogP contribution in [-0.4, -0.2) is 30.2 Å². The molecule has 3 nitrogen and oxygen atoms in total. The van der Waals surface area contributed by atoms with Gasteiger partial charge in [0.15, 0.2) is 5.79 Å². The lowest BCUT2D eigenvalue weighted by Gasteiger charge is -2.34. The molecule has 1 N–H and O–H groups in total. The number of aliphatic hydroxyl groups is 1. The molecule has 0 amide bonds. The Balaban J connectivity index is 1.49. The summed E-state index contributed by atoms with van der Waals surface area (Å²) in [6, 6.07) is 0. The predicted octanol–water partition coefficient (Wildman–Crippen LogP) is 3.25. The highest BCUT2D eigenvalue weighted by Crippen LogP contribution is 2.42. The van der Waals surface area contributed by atoms with Crippen LogP contribution in [-0.2, 0) is 9.47 Å². The molecule has 1 saturated heterocycles. The monoisotopic (exact) mass is 268 g/mol. The maximum atomic E-state index is 9.02. The highest BCUT2D eigenvalue weighted by molar-refractivity contribution is 4.87. The fourth-order valence-electron chi connectivity index (χ4n) is 4.19. The van der Waals surface area contributed by atoms with Gasteiger partial charge in [0.05, 0.1) is 12.7 Å². The van der Waals surface area contributed by atoms with Crippen molar-refractivity contribution in [3.05, 3.63) is 0 Å². The van der Waals surface area contributed by atoms with Gasteiger partial charge < -0.3 is 14.6 Å². The minimum Gasteiger partial charge on any atom is -0.396 e. The van der Waals surface area contributed by atoms with Crippen LogP contribution < -0.4 is 0 Å². The predicted molar refractivity (Wildman–Crippen MR) is 73.8 cm³/mol. The summed E-state index contributed by atoms with van der Waals surface area (Å²) in [6.07, 6.45) is 12.4. The fraction of sp³-hybridized carbons (Fsp3) is 1.00. The number of rotatable bonds is 3. The van der Waals surface area contributed by atoms with Gasteiger partial charge >= 0.3 is 0 Å². The third-order valence-electron chi connectivity index (χ3n) is 5.45. The molecule has 0 aromatic rings. The molecule has 0 aromatic heterocycles. The van der Waals surface area contributed by atoms with Gasteiger partial charge in [-0.1, -0.05) is 19.3 Å². The molecule has 0 radical (unpaired) electrons. The van der Waals surface area contributed by atoms with Crippen LogP contribution in [0.4, 0.5) is 0 Å². The quantitative estimate of drug-likeness (QED) is 0.854. The second kappa shape index (κ2) is 6.11. The van der Waals surface area contributed by atoms with Crippen molar-refractivity contribution in [2.24, 2.45) is 11.8 Å². The molecule has 3 heteroatoms. The van der Waals surface area contributed by atoms with Crippen LogP contribution in [0.3, 0.4) is 0 Å². The van der Waals surface area contributed by atoms with Gasteiger partial charge in [-0.2, -0.15) is 0 Å². The normalized spacial score (nSPS) is 38.7. The number of hydrogen-bond donors (Lipinski definition) is 1. The van der Waals surface area contributed by atoms with Gasteiger partial charge in [0, 0.05) is 19.4 Å². The van der Waals surface area contributed by atoms with E-state index >= 15 is 0 Å². The molecular formula is C16H28O3. The number of hydrogen-bond acceptors (Lipinski definition) is 3. The molecule has 1 atom stereocenters. The SMILES string of the molecule is OCCC1CCC(C2COC3(CCCCC3)O2)CC1. The van der Waals surface area contributed by atoms with Crippen LogP contribution in [0, 0.1) is 11.8 Å². The topological polar surface area (TPSA) is 38.7 Å². The van der Waals surface area contributed by atoms with E-state index in [0.717, 1.165) is 31.8 Å². The largest absolute Gasteiger partial charge is 0.396 e. The lowest BCUT2D eigenvalue weighted by atomic mass is 9.78. The molecule has 1 heterocycles. The van der Waals surface area contributed by atoms with Crippen molar-refractivity contribution in [2.45, 2.75) is 76.1 Å². The van der Waals surface area contributed by atoms with E-state index in [-0.39, 0.29) is 5.79 Å². The summed E-state index contributed by atoms with van der Waals surface area (Å²) < 4.78 is 12.4. The molecule has 3 rings (SSSR count). The Morgan fingerprint density at radius 2 is 1.74 bits per heavy atom. The Bertz CT molecular complexity index is 278. The number of ether oxygens (including phenoxy) is 2. The third-order valence-corrected chi connectivity index (χ3v) is 5.45. The molecule has 3 fully saturated rings. The fourth-order valence-corrected chi connectivity index (χ4v) is 4.19. The van der Waals surface area contributed by atoms with Gasteiger partial charge in [-0.3, -0.25) is 0 Å². The first-order valence-corrected chi connectivity index (χ1v) is 8.24. The van der Waals surface area contributed by atoms with Gasteiger partial charge in [-0.25, -0.2) is 0 Å². The highest BCUT2D eigenvalue weighted by atomic mass is 16.7. The van der Waals surface area contributed by atoms with E-state index < -0.39 is 0 Å². The molecule has 1 aliphatic heterocycles. The first-order chi connectivity index (χ1) is 9.31. The van der Waals surface area contributed by atoms with E-state index in [1.807, 2.05) is 0 Å². The van der Waals surface area contributed by atoms with Gasteiger partial charge in [0.25, 0.3) is 0 Å². The Labute approximate surface area is 116 Å². The van der Waals surface area contributed by atoms with E-state index in [2.05, 4.69) is 0 Å². The van der Waals surface area contributed by atoms with Crippen LogP contribution >= 0.6 is 0 Å². The molecule has 19 heavy (non-hydrogen) atoms. The van der Waals surface area contributed by atoms with E-state index in [1.54, 1.807) is 0 Å². The van der Waals surface area contributed by atoms with Crippen molar-refractivity contribution in [3.8, 4) is 0 Å². The molecule has 0 bridgehead atoms. The van der Waals surface area contributed by atoms with Crippen molar-refractivity contribution < 1.29 is 14.6 Å². The summed E-state index contributed by atoms with van der Waals surface area (Å²) >= 11 is 0. The maximum absolute atomic E-state index is 9.02. The van der Waals surface area contributed by atoms with Gasteiger partial charge in [-0.05, 0) is 43.9 Å². The second-order valence-corrected chi connectivity index (χ2v) is 6.73. The third kappa shape index (κ3) is 3.14. The summed E-state index contributed by atoms with van der Waals surface area (Å²) in [5.74, 6) is 1.23. The lowest BCUT2D eigenvalue weighted by Crippen LogP contribution is -2.35. The van der Waals surface area contributed by atoms with Crippen LogP contribution in [0.15, 0.2) is 0 Å². The molecule has 1 unspecified atom stereocenters. The van der Waals surface area contributed by atoms with Crippen molar-refractivity contribution in [3.63, 3.8) is 0 Å². The van der Waals surface area contributed by atoms with Crippen molar-refractivity contribution in [2.75, 3.05) is 13.2 Å². The molecule has 2 aliphatic carbocycles. The summed E-state index contributed by atoms with van der Waals surface area (Å²) in [5.41, 5.74) is 0. The van der Waals surface area contributed by atoms with Crippen LogP contribution in [0.5, 0.6) is 0 Å². The lowest BCUT2D eigenvalue weighted by molar-refractivity contribution is -0.192. The summed E-state index contributed by atoms with van der Waals surface area (Å²) in [5, 5.41) is 9.02. The standard InChI is InChI=1S/C16H28O3/c17-11-8-13-4-6-14(7-5-13)15-12-18-16(19-15)9-2-1-3-10-16/h13-15,17H,1-12H2. The zero-order valence-corrected chi connectivity index (χ0v) is 12.0.